The van der Waals surface area contributed by atoms with E-state index in [1.807, 2.05) is 36.8 Å². The van der Waals surface area contributed by atoms with Gasteiger partial charge < -0.3 is 0 Å². The molecule has 1 aliphatic rings. The smallest absolute Gasteiger partial charge is 0.255 e. The predicted molar refractivity (Wildman–Crippen MR) is 112 cm³/mol. The first kappa shape index (κ1) is 18.9. The lowest BCUT2D eigenvalue weighted by atomic mass is 9.97. The zero-order chi connectivity index (χ0) is 19.3. The summed E-state index contributed by atoms with van der Waals surface area (Å²) in [5.41, 5.74) is 1.87. The summed E-state index contributed by atoms with van der Waals surface area (Å²) in [4.78, 5) is 26.6. The van der Waals surface area contributed by atoms with Crippen LogP contribution in [0.15, 0.2) is 64.8 Å². The molecule has 6 heteroatoms. The van der Waals surface area contributed by atoms with Crippen molar-refractivity contribution < 1.29 is 0 Å². The minimum absolute atomic E-state index is 0.0385. The molecule has 3 aromatic heterocycles. The molecule has 1 aliphatic carbocycles. The summed E-state index contributed by atoms with van der Waals surface area (Å²) in [6, 6.07) is 9.19. The molecule has 4 rings (SSSR count). The number of hydrogen-bond acceptors (Lipinski definition) is 5. The Morgan fingerprint density at radius 2 is 1.79 bits per heavy atom. The van der Waals surface area contributed by atoms with Crippen LogP contribution in [0.25, 0.3) is 5.69 Å². The Balaban J connectivity index is 1.34. The molecule has 28 heavy (non-hydrogen) atoms. The van der Waals surface area contributed by atoms with Crippen molar-refractivity contribution in [2.75, 3.05) is 6.26 Å². The Morgan fingerprint density at radius 1 is 1.00 bits per heavy atom. The van der Waals surface area contributed by atoms with Gasteiger partial charge in [-0.2, -0.15) is 0 Å². The number of rotatable bonds is 6. The van der Waals surface area contributed by atoms with E-state index in [1.165, 1.54) is 19.3 Å². The maximum Gasteiger partial charge on any atom is 0.255 e. The van der Waals surface area contributed by atoms with E-state index in [9.17, 15) is 4.79 Å². The van der Waals surface area contributed by atoms with Crippen molar-refractivity contribution >= 4 is 11.8 Å². The molecule has 0 aliphatic heterocycles. The summed E-state index contributed by atoms with van der Waals surface area (Å²) < 4.78 is 1.62. The fourth-order valence-electron chi connectivity index (χ4n) is 3.98. The lowest BCUT2D eigenvalue weighted by Crippen LogP contribution is -2.15. The van der Waals surface area contributed by atoms with Crippen molar-refractivity contribution in [3.8, 4) is 5.69 Å². The van der Waals surface area contributed by atoms with Crippen molar-refractivity contribution in [1.82, 2.24) is 19.5 Å². The molecule has 1 saturated carbocycles. The maximum absolute atomic E-state index is 11.9. The number of pyridine rings is 2. The van der Waals surface area contributed by atoms with E-state index in [1.54, 1.807) is 40.9 Å². The highest BCUT2D eigenvalue weighted by atomic mass is 32.2. The molecule has 0 bridgehead atoms. The molecule has 0 aromatic carbocycles. The molecular weight excluding hydrogens is 368 g/mol. The molecule has 144 valence electrons. The van der Waals surface area contributed by atoms with Gasteiger partial charge in [0, 0.05) is 41.7 Å². The third-order valence-corrected chi connectivity index (χ3v) is 6.13. The highest BCUT2D eigenvalue weighted by molar-refractivity contribution is 7.98. The molecule has 0 saturated heterocycles. The van der Waals surface area contributed by atoms with Crippen LogP contribution >= 0.6 is 11.8 Å². The largest absolute Gasteiger partial charge is 0.283 e. The summed E-state index contributed by atoms with van der Waals surface area (Å²) in [7, 11) is 0. The fraction of sp³-hybridized carbons (Fsp3) is 0.364. The SMILES string of the molecule is CSc1cnc(C[C@H]2CC[C@H](Cc3ccc(-n4ccccc4=O)cn3)C2)nc1. The first-order chi connectivity index (χ1) is 13.7. The Hall–Kier alpha value is -2.47. The zero-order valence-electron chi connectivity index (χ0n) is 16.0. The normalized spacial score (nSPS) is 19.0. The zero-order valence-corrected chi connectivity index (χ0v) is 16.8. The summed E-state index contributed by atoms with van der Waals surface area (Å²) in [6.07, 6.45) is 15.1. The van der Waals surface area contributed by atoms with Gasteiger partial charge in [-0.3, -0.25) is 14.3 Å². The van der Waals surface area contributed by atoms with E-state index in [0.717, 1.165) is 34.9 Å². The van der Waals surface area contributed by atoms with Crippen LogP contribution in [-0.4, -0.2) is 25.8 Å². The van der Waals surface area contributed by atoms with Gasteiger partial charge in [-0.25, -0.2) is 9.97 Å². The van der Waals surface area contributed by atoms with E-state index >= 15 is 0 Å². The molecular formula is C22H24N4OS. The van der Waals surface area contributed by atoms with Gasteiger partial charge in [-0.1, -0.05) is 6.07 Å². The van der Waals surface area contributed by atoms with Gasteiger partial charge in [0.05, 0.1) is 11.9 Å². The second-order valence-electron chi connectivity index (χ2n) is 7.41. The molecule has 0 N–H and O–H groups in total. The molecule has 5 nitrogen and oxygen atoms in total. The fourth-order valence-corrected chi connectivity index (χ4v) is 4.29. The van der Waals surface area contributed by atoms with Gasteiger partial charge in [-0.05, 0) is 62.0 Å². The standard InChI is InChI=1S/C22H24N4OS/c1-28-20-14-24-21(25-15-20)12-17-6-5-16(10-17)11-18-7-8-19(13-23-18)26-9-3-2-4-22(26)27/h2-4,7-9,13-17H,5-6,10-12H2,1H3/t16-,17-/m0/s1. The van der Waals surface area contributed by atoms with Crippen LogP contribution in [0.5, 0.6) is 0 Å². The second kappa shape index (κ2) is 8.69. The number of thioether (sulfide) groups is 1. The van der Waals surface area contributed by atoms with Crippen LogP contribution in [0.4, 0.5) is 0 Å². The highest BCUT2D eigenvalue weighted by Crippen LogP contribution is 2.34. The van der Waals surface area contributed by atoms with E-state index in [2.05, 4.69) is 15.0 Å². The lowest BCUT2D eigenvalue weighted by molar-refractivity contribution is 0.476. The number of aromatic nitrogens is 4. The topological polar surface area (TPSA) is 60.7 Å². The van der Waals surface area contributed by atoms with E-state index < -0.39 is 0 Å². The predicted octanol–water partition coefficient (Wildman–Crippen LogP) is 3.95. The minimum atomic E-state index is -0.0385. The Bertz CT molecular complexity index is 969. The lowest BCUT2D eigenvalue weighted by Gasteiger charge is -2.11. The van der Waals surface area contributed by atoms with Gasteiger partial charge in [0.1, 0.15) is 5.82 Å². The first-order valence-electron chi connectivity index (χ1n) is 9.69. The van der Waals surface area contributed by atoms with Crippen LogP contribution in [0.2, 0.25) is 0 Å². The summed E-state index contributed by atoms with van der Waals surface area (Å²) >= 11 is 1.67. The van der Waals surface area contributed by atoms with Gasteiger partial charge in [0.2, 0.25) is 0 Å². The van der Waals surface area contributed by atoms with Crippen molar-refractivity contribution in [1.29, 1.82) is 0 Å². The van der Waals surface area contributed by atoms with Crippen molar-refractivity contribution in [2.45, 2.75) is 37.0 Å². The molecule has 3 aromatic rings. The van der Waals surface area contributed by atoms with E-state index in [-0.39, 0.29) is 5.56 Å². The van der Waals surface area contributed by atoms with Crippen molar-refractivity contribution in [3.63, 3.8) is 0 Å². The molecule has 1 fully saturated rings. The average Bonchev–Trinajstić information content (AvgIpc) is 3.16. The maximum atomic E-state index is 11.9. The quantitative estimate of drug-likeness (QED) is 0.595. The molecule has 2 atom stereocenters. The number of hydrogen-bond donors (Lipinski definition) is 0. The van der Waals surface area contributed by atoms with Gasteiger partial charge in [0.25, 0.3) is 5.56 Å². The van der Waals surface area contributed by atoms with E-state index in [0.29, 0.717) is 11.8 Å². The Labute approximate surface area is 169 Å². The molecule has 0 radical (unpaired) electrons. The third kappa shape index (κ3) is 4.50. The van der Waals surface area contributed by atoms with Gasteiger partial charge >= 0.3 is 0 Å². The number of nitrogens with zero attached hydrogens (tertiary/aromatic N) is 4. The van der Waals surface area contributed by atoms with Crippen molar-refractivity contribution in [2.24, 2.45) is 11.8 Å². The van der Waals surface area contributed by atoms with Crippen molar-refractivity contribution in [3.05, 3.63) is 77.0 Å². The molecule has 3 heterocycles. The second-order valence-corrected chi connectivity index (χ2v) is 8.29. The monoisotopic (exact) mass is 392 g/mol. The highest BCUT2D eigenvalue weighted by Gasteiger charge is 2.26. The summed E-state index contributed by atoms with van der Waals surface area (Å²) in [5, 5.41) is 0. The van der Waals surface area contributed by atoms with Crippen LogP contribution in [0, 0.1) is 11.8 Å². The first-order valence-corrected chi connectivity index (χ1v) is 10.9. The Kier molecular flexibility index (Phi) is 5.86. The molecule has 0 unspecified atom stereocenters. The van der Waals surface area contributed by atoms with Crippen LogP contribution in [-0.2, 0) is 12.8 Å². The molecule has 0 spiro atoms. The van der Waals surface area contributed by atoms with Gasteiger partial charge in [0.15, 0.2) is 0 Å². The Morgan fingerprint density at radius 3 is 2.46 bits per heavy atom. The van der Waals surface area contributed by atoms with Crippen LogP contribution in [0.3, 0.4) is 0 Å². The van der Waals surface area contributed by atoms with Gasteiger partial charge in [-0.15, -0.1) is 11.8 Å². The summed E-state index contributed by atoms with van der Waals surface area (Å²) in [6.45, 7) is 0. The van der Waals surface area contributed by atoms with Crippen LogP contribution < -0.4 is 5.56 Å². The minimum Gasteiger partial charge on any atom is -0.283 e. The van der Waals surface area contributed by atoms with Crippen LogP contribution in [0.1, 0.15) is 30.8 Å². The average molecular weight is 393 g/mol. The third-order valence-electron chi connectivity index (χ3n) is 5.45. The summed E-state index contributed by atoms with van der Waals surface area (Å²) in [5.74, 6) is 2.28. The molecule has 0 amide bonds. The van der Waals surface area contributed by atoms with E-state index in [4.69, 9.17) is 0 Å².